The van der Waals surface area contributed by atoms with Gasteiger partial charge >= 0.3 is 20.0 Å². The summed E-state index contributed by atoms with van der Waals surface area (Å²) in [7, 11) is 1.97. The first-order valence-corrected chi connectivity index (χ1v) is 12.2. The largest absolute Gasteiger partial charge is 0.474 e. The molecule has 0 heterocycles. The van der Waals surface area contributed by atoms with Crippen molar-refractivity contribution in [2.24, 2.45) is 0 Å². The zero-order valence-electron chi connectivity index (χ0n) is 19.9. The Bertz CT molecular complexity index is 580. The number of phosphoric ester groups is 1. The number of amides is 3. The third-order valence-electron chi connectivity index (χ3n) is 4.20. The molecular weight excluding hydrogens is 461 g/mol. The summed E-state index contributed by atoms with van der Waals surface area (Å²) in [6.07, 6.45) is 2.09. The van der Waals surface area contributed by atoms with Gasteiger partial charge < -0.3 is 30.2 Å². The summed E-state index contributed by atoms with van der Waals surface area (Å²) in [4.78, 5) is 34.3. The van der Waals surface area contributed by atoms with Crippen molar-refractivity contribution in [1.29, 1.82) is 0 Å². The first kappa shape index (κ1) is 31.1. The summed E-state index contributed by atoms with van der Waals surface area (Å²) in [5.74, 6) is -0.0946. The van der Waals surface area contributed by atoms with E-state index in [4.69, 9.17) is 18.7 Å². The highest BCUT2D eigenvalue weighted by Gasteiger charge is 2.21. The van der Waals surface area contributed by atoms with Crippen LogP contribution in [0.5, 0.6) is 0 Å². The van der Waals surface area contributed by atoms with Crippen LogP contribution in [0.1, 0.15) is 38.5 Å². The molecule has 0 atom stereocenters. The van der Waals surface area contributed by atoms with Crippen molar-refractivity contribution in [1.82, 2.24) is 16.0 Å². The van der Waals surface area contributed by atoms with Gasteiger partial charge in [-0.1, -0.05) is 12.8 Å². The lowest BCUT2D eigenvalue weighted by atomic mass is 10.2. The Hall–Kier alpha value is -1.92. The van der Waals surface area contributed by atoms with Gasteiger partial charge in [0.15, 0.2) is 0 Å². The van der Waals surface area contributed by atoms with Gasteiger partial charge in [0.2, 0.25) is 5.91 Å². The van der Waals surface area contributed by atoms with Crippen molar-refractivity contribution in [2.45, 2.75) is 44.6 Å². The molecule has 14 heteroatoms. The van der Waals surface area contributed by atoms with Crippen LogP contribution < -0.4 is 16.0 Å². The summed E-state index contributed by atoms with van der Waals surface area (Å²) in [5.41, 5.74) is 0. The average Bonchev–Trinajstić information content (AvgIpc) is 2.83. The van der Waals surface area contributed by atoms with Crippen molar-refractivity contribution in [3.05, 3.63) is 0 Å². The van der Waals surface area contributed by atoms with Crippen LogP contribution in [0.2, 0.25) is 0 Å². The van der Waals surface area contributed by atoms with Crippen molar-refractivity contribution in [3.63, 3.8) is 0 Å². The van der Waals surface area contributed by atoms with Gasteiger partial charge in [0.05, 0.1) is 6.61 Å². The maximum absolute atomic E-state index is 11.9. The van der Waals surface area contributed by atoms with E-state index in [0.717, 1.165) is 19.3 Å². The molecule has 0 aromatic heterocycles. The molecule has 3 amide bonds. The third kappa shape index (κ3) is 17.3. The summed E-state index contributed by atoms with van der Waals surface area (Å²) >= 11 is 0. The normalized spacial score (nSPS) is 11.2. The van der Waals surface area contributed by atoms with Gasteiger partial charge in [0.1, 0.15) is 19.3 Å². The lowest BCUT2D eigenvalue weighted by Gasteiger charge is -2.17. The van der Waals surface area contributed by atoms with Crippen molar-refractivity contribution >= 4 is 25.9 Å². The SMILES string of the molecule is CNC(=O)OCC(COC(=O)NC)OCCCC(=O)NCCCCCCOP(=O)(OC)OC. The van der Waals surface area contributed by atoms with Crippen LogP contribution in [0.25, 0.3) is 0 Å². The zero-order chi connectivity index (χ0) is 25.0. The summed E-state index contributed by atoms with van der Waals surface area (Å²) in [6.45, 7) is 0.871. The Kier molecular flexibility index (Phi) is 18.4. The van der Waals surface area contributed by atoms with E-state index in [-0.39, 0.29) is 38.8 Å². The average molecular weight is 499 g/mol. The molecular formula is C19H38N3O10P. The molecule has 0 saturated carbocycles. The second-order valence-electron chi connectivity index (χ2n) is 6.70. The van der Waals surface area contributed by atoms with Crippen molar-refractivity contribution in [2.75, 3.05) is 61.3 Å². The molecule has 0 aromatic carbocycles. The maximum Gasteiger partial charge on any atom is 0.474 e. The predicted octanol–water partition coefficient (Wildman–Crippen LogP) is 1.96. The van der Waals surface area contributed by atoms with Crippen LogP contribution >= 0.6 is 7.82 Å². The first-order chi connectivity index (χ1) is 15.8. The zero-order valence-corrected chi connectivity index (χ0v) is 20.8. The molecule has 0 spiro atoms. The minimum atomic E-state index is -3.41. The van der Waals surface area contributed by atoms with Gasteiger partial charge in [-0.2, -0.15) is 0 Å². The van der Waals surface area contributed by atoms with Crippen molar-refractivity contribution in [3.8, 4) is 0 Å². The second kappa shape index (κ2) is 19.5. The van der Waals surface area contributed by atoms with Crippen molar-refractivity contribution < 1.29 is 46.7 Å². The van der Waals surface area contributed by atoms with E-state index in [1.807, 2.05) is 0 Å². The Morgan fingerprint density at radius 2 is 1.39 bits per heavy atom. The molecule has 0 fully saturated rings. The van der Waals surface area contributed by atoms with E-state index in [0.29, 0.717) is 19.4 Å². The topological polar surface area (TPSA) is 160 Å². The monoisotopic (exact) mass is 499 g/mol. The number of rotatable bonds is 19. The highest BCUT2D eigenvalue weighted by atomic mass is 31.2. The maximum atomic E-state index is 11.9. The van der Waals surface area contributed by atoms with Gasteiger partial charge in [-0.25, -0.2) is 14.2 Å². The predicted molar refractivity (Wildman–Crippen MR) is 119 cm³/mol. The summed E-state index contributed by atoms with van der Waals surface area (Å²) < 4.78 is 41.5. The summed E-state index contributed by atoms with van der Waals surface area (Å²) in [5, 5.41) is 7.45. The molecule has 0 bridgehead atoms. The number of ether oxygens (including phenoxy) is 3. The van der Waals surface area contributed by atoms with Crippen LogP contribution in [0.3, 0.4) is 0 Å². The molecule has 3 N–H and O–H groups in total. The molecule has 0 rings (SSSR count). The van der Waals surface area contributed by atoms with Gasteiger partial charge in [-0.05, 0) is 19.3 Å². The smallest absolute Gasteiger partial charge is 0.447 e. The molecule has 0 aliphatic carbocycles. The molecule has 13 nitrogen and oxygen atoms in total. The van der Waals surface area contributed by atoms with Crippen LogP contribution in [0.4, 0.5) is 9.59 Å². The van der Waals surface area contributed by atoms with E-state index in [2.05, 4.69) is 25.0 Å². The molecule has 0 unspecified atom stereocenters. The number of phosphoric acid groups is 1. The minimum Gasteiger partial charge on any atom is -0.447 e. The molecule has 0 aliphatic rings. The van der Waals surface area contributed by atoms with Gasteiger partial charge in [0, 0.05) is 47.9 Å². The number of hydrogen-bond acceptors (Lipinski definition) is 10. The Morgan fingerprint density at radius 3 is 1.94 bits per heavy atom. The fraction of sp³-hybridized carbons (Fsp3) is 0.842. The molecule has 0 aliphatic heterocycles. The fourth-order valence-electron chi connectivity index (χ4n) is 2.36. The number of hydrogen-bond donors (Lipinski definition) is 3. The van der Waals surface area contributed by atoms with E-state index in [9.17, 15) is 18.9 Å². The number of nitrogens with one attached hydrogen (secondary N) is 3. The van der Waals surface area contributed by atoms with E-state index in [1.165, 1.54) is 28.3 Å². The van der Waals surface area contributed by atoms with Gasteiger partial charge in [-0.15, -0.1) is 0 Å². The second-order valence-corrected chi connectivity index (χ2v) is 8.59. The highest BCUT2D eigenvalue weighted by Crippen LogP contribution is 2.47. The van der Waals surface area contributed by atoms with Crippen LogP contribution in [-0.2, 0) is 37.1 Å². The summed E-state index contributed by atoms with van der Waals surface area (Å²) in [6, 6.07) is 0. The van der Waals surface area contributed by atoms with Crippen LogP contribution in [-0.4, -0.2) is 85.5 Å². The fourth-order valence-corrected chi connectivity index (χ4v) is 3.07. The van der Waals surface area contributed by atoms with E-state index in [1.54, 1.807) is 0 Å². The number of unbranched alkanes of at least 4 members (excludes halogenated alkanes) is 3. The Balaban J connectivity index is 3.87. The molecule has 33 heavy (non-hydrogen) atoms. The van der Waals surface area contributed by atoms with E-state index >= 15 is 0 Å². The number of carbonyl (C=O) groups is 3. The number of alkyl carbamates (subject to hydrolysis) is 2. The van der Waals surface area contributed by atoms with Crippen LogP contribution in [0, 0.1) is 0 Å². The standard InChI is InChI=1S/C19H38N3O10P/c1-20-18(24)30-14-16(15-31-19(25)21-2)29-12-9-10-17(23)22-11-7-5-6-8-13-32-33(26,27-3)28-4/h16H,5-15H2,1-4H3,(H,20,24)(H,21,25)(H,22,23). The lowest BCUT2D eigenvalue weighted by molar-refractivity contribution is -0.121. The minimum absolute atomic E-state index is 0.0946. The first-order valence-electron chi connectivity index (χ1n) is 10.7. The molecule has 0 radical (unpaired) electrons. The Labute approximate surface area is 195 Å². The molecule has 0 saturated heterocycles. The lowest BCUT2D eigenvalue weighted by Crippen LogP contribution is -2.33. The molecule has 0 aromatic rings. The third-order valence-corrected chi connectivity index (χ3v) is 5.59. The Morgan fingerprint density at radius 1 is 0.818 bits per heavy atom. The van der Waals surface area contributed by atoms with Gasteiger partial charge in [0.25, 0.3) is 0 Å². The molecule has 194 valence electrons. The van der Waals surface area contributed by atoms with E-state index < -0.39 is 26.1 Å². The quantitative estimate of drug-likeness (QED) is 0.177. The number of carbonyl (C=O) groups excluding carboxylic acids is 3. The highest BCUT2D eigenvalue weighted by molar-refractivity contribution is 7.48. The van der Waals surface area contributed by atoms with Crippen LogP contribution in [0.15, 0.2) is 0 Å². The van der Waals surface area contributed by atoms with Gasteiger partial charge in [-0.3, -0.25) is 18.4 Å².